The Balaban J connectivity index is 0.000000229. The van der Waals surface area contributed by atoms with Crippen LogP contribution in [0.4, 0.5) is 5.69 Å². The lowest BCUT2D eigenvalue weighted by molar-refractivity contribution is 0.483. The normalized spacial score (nSPS) is 14.0. The number of rotatable bonds is 4. The lowest BCUT2D eigenvalue weighted by atomic mass is 10.2. The molecule has 0 aromatic heterocycles. The molecular formula is C24H28N2O3S2. The SMILES string of the molecule is Cc1ccc(Sc2ccccc2N2CCNCC2)c(C)c1.O=S(=O)(O)c1ccccc1. The number of hydrogen-bond acceptors (Lipinski definition) is 5. The van der Waals surface area contributed by atoms with E-state index in [4.69, 9.17) is 4.55 Å². The second kappa shape index (κ2) is 10.8. The standard InChI is InChI=1S/C18H22N2S.C6H6O3S/c1-14-7-8-17(15(2)13-14)21-18-6-4-3-5-16(18)20-11-9-19-10-12-20;7-10(8,9)6-4-2-1-3-5-6/h3-8,13,19H,9-12H2,1-2H3;1-5H,(H,7,8,9). The molecular weight excluding hydrogens is 428 g/mol. The van der Waals surface area contributed by atoms with E-state index in [1.807, 2.05) is 11.8 Å². The number of anilines is 1. The van der Waals surface area contributed by atoms with E-state index >= 15 is 0 Å². The van der Waals surface area contributed by atoms with Crippen LogP contribution in [0, 0.1) is 13.8 Å². The quantitative estimate of drug-likeness (QED) is 0.550. The number of nitrogens with one attached hydrogen (secondary N) is 1. The molecule has 7 heteroatoms. The zero-order chi connectivity index (χ0) is 22.3. The average molecular weight is 457 g/mol. The van der Waals surface area contributed by atoms with Gasteiger partial charge in [-0.15, -0.1) is 0 Å². The van der Waals surface area contributed by atoms with Crippen LogP contribution < -0.4 is 10.2 Å². The van der Waals surface area contributed by atoms with Crippen LogP contribution >= 0.6 is 11.8 Å². The lowest BCUT2D eigenvalue weighted by Crippen LogP contribution is -2.43. The minimum Gasteiger partial charge on any atom is -0.368 e. The van der Waals surface area contributed by atoms with Gasteiger partial charge < -0.3 is 10.2 Å². The van der Waals surface area contributed by atoms with Crippen LogP contribution in [-0.4, -0.2) is 39.1 Å². The van der Waals surface area contributed by atoms with Gasteiger partial charge in [0.05, 0.1) is 10.6 Å². The number of benzene rings is 3. The lowest BCUT2D eigenvalue weighted by Gasteiger charge is -2.31. The predicted molar refractivity (Wildman–Crippen MR) is 128 cm³/mol. The van der Waals surface area contributed by atoms with Gasteiger partial charge in [-0.1, -0.05) is 59.8 Å². The highest BCUT2D eigenvalue weighted by atomic mass is 32.2. The summed E-state index contributed by atoms with van der Waals surface area (Å²) in [6.07, 6.45) is 0. The summed E-state index contributed by atoms with van der Waals surface area (Å²) in [6.45, 7) is 8.67. The Kier molecular flexibility index (Phi) is 8.15. The summed E-state index contributed by atoms with van der Waals surface area (Å²) in [5.41, 5.74) is 4.05. The van der Waals surface area contributed by atoms with E-state index in [2.05, 4.69) is 66.5 Å². The molecule has 0 spiro atoms. The highest BCUT2D eigenvalue weighted by Crippen LogP contribution is 2.37. The highest BCUT2D eigenvalue weighted by molar-refractivity contribution is 7.99. The van der Waals surface area contributed by atoms with Gasteiger partial charge in [0.2, 0.25) is 0 Å². The summed E-state index contributed by atoms with van der Waals surface area (Å²) in [4.78, 5) is 5.12. The summed E-state index contributed by atoms with van der Waals surface area (Å²) < 4.78 is 29.2. The van der Waals surface area contributed by atoms with Gasteiger partial charge in [0.1, 0.15) is 0 Å². The molecule has 1 heterocycles. The maximum Gasteiger partial charge on any atom is 0.294 e. The Morgan fingerprint density at radius 3 is 2.13 bits per heavy atom. The van der Waals surface area contributed by atoms with Crippen molar-refractivity contribution in [1.29, 1.82) is 0 Å². The number of aryl methyl sites for hydroxylation is 2. The Morgan fingerprint density at radius 1 is 0.871 bits per heavy atom. The van der Waals surface area contributed by atoms with Crippen LogP contribution in [-0.2, 0) is 10.1 Å². The molecule has 4 rings (SSSR count). The van der Waals surface area contributed by atoms with Gasteiger partial charge in [0.15, 0.2) is 0 Å². The first kappa shape index (κ1) is 23.3. The minimum absolute atomic E-state index is 0.0741. The average Bonchev–Trinajstić information content (AvgIpc) is 2.77. The molecule has 3 aromatic carbocycles. The van der Waals surface area contributed by atoms with Crippen molar-refractivity contribution in [2.24, 2.45) is 0 Å². The van der Waals surface area contributed by atoms with E-state index in [0.29, 0.717) is 0 Å². The van der Waals surface area contributed by atoms with E-state index in [1.165, 1.54) is 38.7 Å². The molecule has 0 aliphatic carbocycles. The van der Waals surface area contributed by atoms with Crippen molar-refractivity contribution in [2.75, 3.05) is 31.1 Å². The number of hydrogen-bond donors (Lipinski definition) is 2. The Morgan fingerprint density at radius 2 is 1.52 bits per heavy atom. The second-order valence-corrected chi connectivity index (χ2v) is 9.87. The van der Waals surface area contributed by atoms with Crippen LogP contribution in [0.15, 0.2) is 87.5 Å². The van der Waals surface area contributed by atoms with Crippen LogP contribution in [0.2, 0.25) is 0 Å². The molecule has 164 valence electrons. The predicted octanol–water partition coefficient (Wildman–Crippen LogP) is 4.80. The third-order valence-electron chi connectivity index (χ3n) is 4.91. The maximum absolute atomic E-state index is 10.4. The highest BCUT2D eigenvalue weighted by Gasteiger charge is 2.15. The molecule has 0 unspecified atom stereocenters. The molecule has 2 N–H and O–H groups in total. The molecule has 3 aromatic rings. The molecule has 1 saturated heterocycles. The van der Waals surface area contributed by atoms with Crippen LogP contribution in [0.5, 0.6) is 0 Å². The van der Waals surface area contributed by atoms with Crippen LogP contribution in [0.3, 0.4) is 0 Å². The van der Waals surface area contributed by atoms with Gasteiger partial charge >= 0.3 is 0 Å². The molecule has 31 heavy (non-hydrogen) atoms. The molecule has 0 atom stereocenters. The van der Waals surface area contributed by atoms with Gasteiger partial charge in [-0.25, -0.2) is 0 Å². The van der Waals surface area contributed by atoms with E-state index in [-0.39, 0.29) is 4.90 Å². The number of para-hydroxylation sites is 1. The smallest absolute Gasteiger partial charge is 0.294 e. The van der Waals surface area contributed by atoms with Gasteiger partial charge in [-0.3, -0.25) is 4.55 Å². The first-order valence-corrected chi connectivity index (χ1v) is 12.4. The van der Waals surface area contributed by atoms with Crippen molar-refractivity contribution in [3.63, 3.8) is 0 Å². The first-order valence-electron chi connectivity index (χ1n) is 10.2. The third-order valence-corrected chi connectivity index (χ3v) is 7.03. The monoisotopic (exact) mass is 456 g/mol. The molecule has 1 aliphatic heterocycles. The third kappa shape index (κ3) is 6.83. The van der Waals surface area contributed by atoms with Crippen molar-refractivity contribution in [1.82, 2.24) is 5.32 Å². The fourth-order valence-corrected chi connectivity index (χ4v) is 4.88. The summed E-state index contributed by atoms with van der Waals surface area (Å²) in [6, 6.07) is 22.9. The summed E-state index contributed by atoms with van der Waals surface area (Å²) in [7, 11) is -4.00. The van der Waals surface area contributed by atoms with Crippen molar-refractivity contribution in [2.45, 2.75) is 28.5 Å². The van der Waals surface area contributed by atoms with E-state index in [1.54, 1.807) is 18.2 Å². The molecule has 0 radical (unpaired) electrons. The van der Waals surface area contributed by atoms with Gasteiger partial charge in [-0.2, -0.15) is 8.42 Å². The van der Waals surface area contributed by atoms with Gasteiger partial charge in [0, 0.05) is 36.0 Å². The number of piperazine rings is 1. The van der Waals surface area contributed by atoms with E-state index in [0.717, 1.165) is 26.2 Å². The van der Waals surface area contributed by atoms with E-state index < -0.39 is 10.1 Å². The zero-order valence-corrected chi connectivity index (χ0v) is 19.4. The summed E-state index contributed by atoms with van der Waals surface area (Å²) >= 11 is 1.88. The minimum atomic E-state index is -4.00. The molecule has 1 fully saturated rings. The summed E-state index contributed by atoms with van der Waals surface area (Å²) in [5.74, 6) is 0. The fourth-order valence-electron chi connectivity index (χ4n) is 3.34. The van der Waals surface area contributed by atoms with Crippen molar-refractivity contribution >= 4 is 27.6 Å². The van der Waals surface area contributed by atoms with Crippen LogP contribution in [0.25, 0.3) is 0 Å². The molecule has 1 aliphatic rings. The van der Waals surface area contributed by atoms with Gasteiger partial charge in [-0.05, 0) is 49.7 Å². The molecule has 5 nitrogen and oxygen atoms in total. The van der Waals surface area contributed by atoms with Crippen LogP contribution in [0.1, 0.15) is 11.1 Å². The number of nitrogens with zero attached hydrogens (tertiary/aromatic N) is 1. The molecule has 0 bridgehead atoms. The largest absolute Gasteiger partial charge is 0.368 e. The zero-order valence-electron chi connectivity index (χ0n) is 17.8. The summed E-state index contributed by atoms with van der Waals surface area (Å²) in [5, 5.41) is 3.42. The van der Waals surface area contributed by atoms with Gasteiger partial charge in [0.25, 0.3) is 10.1 Å². The molecule has 0 saturated carbocycles. The Labute approximate surface area is 189 Å². The van der Waals surface area contributed by atoms with Crippen molar-refractivity contribution in [3.05, 3.63) is 83.9 Å². The topological polar surface area (TPSA) is 69.6 Å². The van der Waals surface area contributed by atoms with Crippen molar-refractivity contribution in [3.8, 4) is 0 Å². The first-order chi connectivity index (χ1) is 14.8. The molecule has 0 amide bonds. The fraction of sp³-hybridized carbons (Fsp3) is 0.250. The second-order valence-electron chi connectivity index (χ2n) is 7.36. The van der Waals surface area contributed by atoms with E-state index in [9.17, 15) is 8.42 Å². The van der Waals surface area contributed by atoms with Crippen molar-refractivity contribution < 1.29 is 13.0 Å². The maximum atomic E-state index is 10.4. The Hall–Kier alpha value is -2.32. The Bertz CT molecular complexity index is 1100.